The van der Waals surface area contributed by atoms with Gasteiger partial charge in [0.15, 0.2) is 0 Å². The van der Waals surface area contributed by atoms with Gasteiger partial charge in [0, 0.05) is 17.7 Å². The third-order valence-corrected chi connectivity index (χ3v) is 3.56. The largest absolute Gasteiger partial charge is 0.288 e. The Hall–Kier alpha value is -1.12. The quantitative estimate of drug-likeness (QED) is 0.776. The maximum Gasteiger partial charge on any atom is 0.138 e. The van der Waals surface area contributed by atoms with Crippen molar-refractivity contribution in [2.24, 2.45) is 0 Å². The maximum atomic E-state index is 3.82. The minimum atomic E-state index is 1.01. The lowest BCUT2D eigenvalue weighted by Gasteiger charge is -2.18. The van der Waals surface area contributed by atoms with Crippen molar-refractivity contribution < 1.29 is 4.90 Å². The van der Waals surface area contributed by atoms with Crippen LogP contribution in [0.4, 0.5) is 5.69 Å². The van der Waals surface area contributed by atoms with Crippen LogP contribution in [0.1, 0.15) is 16.7 Å². The summed E-state index contributed by atoms with van der Waals surface area (Å²) in [5.41, 5.74) is 5.73. The summed E-state index contributed by atoms with van der Waals surface area (Å²) in [6.07, 6.45) is 2.00. The van der Waals surface area contributed by atoms with E-state index in [0.717, 1.165) is 13.2 Å². The van der Waals surface area contributed by atoms with Crippen LogP contribution in [0.15, 0.2) is 24.8 Å². The van der Waals surface area contributed by atoms with Gasteiger partial charge in [0.2, 0.25) is 0 Å². The molecule has 0 aliphatic carbocycles. The number of quaternary nitrogens is 1. The molecule has 1 N–H and O–H groups in total. The molecular formula is C15H23N2+. The van der Waals surface area contributed by atoms with Crippen molar-refractivity contribution in [3.63, 3.8) is 0 Å². The van der Waals surface area contributed by atoms with E-state index in [1.54, 1.807) is 4.90 Å². The van der Waals surface area contributed by atoms with Gasteiger partial charge in [-0.1, -0.05) is 23.8 Å². The Bertz CT molecular complexity index is 400. The molecule has 1 fully saturated rings. The van der Waals surface area contributed by atoms with Crippen molar-refractivity contribution in [2.45, 2.75) is 20.8 Å². The molecule has 0 bridgehead atoms. The zero-order valence-corrected chi connectivity index (χ0v) is 11.2. The predicted molar refractivity (Wildman–Crippen MR) is 72.8 cm³/mol. The lowest BCUT2D eigenvalue weighted by atomic mass is 10.0. The molecule has 1 saturated heterocycles. The summed E-state index contributed by atoms with van der Waals surface area (Å²) in [5, 5.41) is 0. The Morgan fingerprint density at radius 3 is 2.53 bits per heavy atom. The predicted octanol–water partition coefficient (Wildman–Crippen LogP) is 1.59. The molecule has 2 heteroatoms. The molecular weight excluding hydrogens is 208 g/mol. The average molecular weight is 231 g/mol. The summed E-state index contributed by atoms with van der Waals surface area (Å²) >= 11 is 0. The van der Waals surface area contributed by atoms with Gasteiger partial charge in [0.1, 0.15) is 12.4 Å². The van der Waals surface area contributed by atoms with E-state index in [2.05, 4.69) is 44.4 Å². The van der Waals surface area contributed by atoms with E-state index in [1.807, 2.05) is 6.08 Å². The molecule has 1 aliphatic rings. The van der Waals surface area contributed by atoms with E-state index in [1.165, 1.54) is 35.5 Å². The molecule has 2 rings (SSSR count). The molecule has 0 aromatic heterocycles. The topological polar surface area (TPSA) is 7.68 Å². The van der Waals surface area contributed by atoms with Crippen molar-refractivity contribution in [3.05, 3.63) is 41.5 Å². The van der Waals surface area contributed by atoms with Crippen LogP contribution in [0.5, 0.6) is 0 Å². The van der Waals surface area contributed by atoms with Crippen LogP contribution < -0.4 is 4.90 Å². The molecule has 2 nitrogen and oxygen atoms in total. The van der Waals surface area contributed by atoms with E-state index >= 15 is 0 Å². The lowest BCUT2D eigenvalue weighted by Crippen LogP contribution is -3.06. The van der Waals surface area contributed by atoms with Crippen molar-refractivity contribution in [3.8, 4) is 0 Å². The Kier molecular flexibility index (Phi) is 3.65. The number of rotatable bonds is 3. The summed E-state index contributed by atoms with van der Waals surface area (Å²) < 4.78 is 0. The molecule has 0 amide bonds. The van der Waals surface area contributed by atoms with Crippen LogP contribution >= 0.6 is 0 Å². The normalized spacial score (nSPS) is 20.8. The standard InChI is InChI=1S/C15H22N2/c1-5-6-16-7-8-17(11-16)15-13(3)9-12(2)10-14(15)4/h5,9-10H,1,6-8,11H2,2-4H3/p+1. The SMILES string of the molecule is C=CCN1CC[NH+](c2c(C)cc(C)cc2C)C1. The Balaban J connectivity index is 2.21. The van der Waals surface area contributed by atoms with Gasteiger partial charge in [-0.25, -0.2) is 4.90 Å². The number of benzene rings is 1. The number of nitrogens with zero attached hydrogens (tertiary/aromatic N) is 1. The highest BCUT2D eigenvalue weighted by molar-refractivity contribution is 5.48. The van der Waals surface area contributed by atoms with Crippen molar-refractivity contribution in [2.75, 3.05) is 26.3 Å². The summed E-state index contributed by atoms with van der Waals surface area (Å²) in [4.78, 5) is 4.06. The van der Waals surface area contributed by atoms with Crippen molar-refractivity contribution in [1.82, 2.24) is 4.90 Å². The highest BCUT2D eigenvalue weighted by Crippen LogP contribution is 2.18. The van der Waals surface area contributed by atoms with Gasteiger partial charge in [-0.15, -0.1) is 6.58 Å². The fraction of sp³-hybridized carbons (Fsp3) is 0.467. The zero-order chi connectivity index (χ0) is 12.4. The van der Waals surface area contributed by atoms with Crippen LogP contribution in [0, 0.1) is 20.8 Å². The van der Waals surface area contributed by atoms with E-state index in [9.17, 15) is 0 Å². The minimum Gasteiger partial charge on any atom is -0.288 e. The molecule has 17 heavy (non-hydrogen) atoms. The molecule has 1 aromatic rings. The second-order valence-electron chi connectivity index (χ2n) is 5.15. The minimum absolute atomic E-state index is 1.01. The van der Waals surface area contributed by atoms with Crippen molar-refractivity contribution in [1.29, 1.82) is 0 Å². The number of hydrogen-bond acceptors (Lipinski definition) is 1. The van der Waals surface area contributed by atoms with E-state index in [4.69, 9.17) is 0 Å². The molecule has 1 atom stereocenters. The van der Waals surface area contributed by atoms with Gasteiger partial charge in [0.05, 0.1) is 13.1 Å². The summed E-state index contributed by atoms with van der Waals surface area (Å²) in [5.74, 6) is 0. The summed E-state index contributed by atoms with van der Waals surface area (Å²) in [6, 6.07) is 4.59. The van der Waals surface area contributed by atoms with E-state index in [-0.39, 0.29) is 0 Å². The maximum absolute atomic E-state index is 3.82. The third-order valence-electron chi connectivity index (χ3n) is 3.56. The van der Waals surface area contributed by atoms with E-state index in [0.29, 0.717) is 0 Å². The molecule has 1 heterocycles. The Morgan fingerprint density at radius 1 is 1.29 bits per heavy atom. The Morgan fingerprint density at radius 2 is 1.94 bits per heavy atom. The van der Waals surface area contributed by atoms with Crippen LogP contribution in [-0.4, -0.2) is 31.2 Å². The molecule has 1 aliphatic heterocycles. The summed E-state index contributed by atoms with van der Waals surface area (Å²) in [7, 11) is 0. The van der Waals surface area contributed by atoms with Gasteiger partial charge in [-0.3, -0.25) is 4.90 Å². The number of aryl methyl sites for hydroxylation is 3. The zero-order valence-electron chi connectivity index (χ0n) is 11.2. The summed E-state index contributed by atoms with van der Waals surface area (Å²) in [6.45, 7) is 15.0. The van der Waals surface area contributed by atoms with Crippen LogP contribution in [0.2, 0.25) is 0 Å². The molecule has 92 valence electrons. The first-order chi connectivity index (χ1) is 8.11. The number of nitrogens with one attached hydrogen (secondary N) is 1. The first-order valence-corrected chi connectivity index (χ1v) is 6.38. The van der Waals surface area contributed by atoms with Gasteiger partial charge in [-0.2, -0.15) is 0 Å². The van der Waals surface area contributed by atoms with Gasteiger partial charge >= 0.3 is 0 Å². The van der Waals surface area contributed by atoms with Crippen LogP contribution in [0.3, 0.4) is 0 Å². The lowest BCUT2D eigenvalue weighted by molar-refractivity contribution is -0.824. The molecule has 1 unspecified atom stereocenters. The van der Waals surface area contributed by atoms with Gasteiger partial charge in [0.25, 0.3) is 0 Å². The molecule has 0 saturated carbocycles. The van der Waals surface area contributed by atoms with Crippen LogP contribution in [-0.2, 0) is 0 Å². The van der Waals surface area contributed by atoms with Gasteiger partial charge in [-0.05, 0) is 20.8 Å². The third kappa shape index (κ3) is 2.59. The van der Waals surface area contributed by atoms with Gasteiger partial charge < -0.3 is 0 Å². The Labute approximate surface area is 105 Å². The van der Waals surface area contributed by atoms with E-state index < -0.39 is 0 Å². The average Bonchev–Trinajstić information content (AvgIpc) is 2.65. The first kappa shape index (κ1) is 12.3. The molecule has 0 radical (unpaired) electrons. The second-order valence-corrected chi connectivity index (χ2v) is 5.15. The molecule has 0 spiro atoms. The fourth-order valence-electron chi connectivity index (χ4n) is 3.00. The van der Waals surface area contributed by atoms with Crippen molar-refractivity contribution >= 4 is 5.69 Å². The second kappa shape index (κ2) is 5.03. The van der Waals surface area contributed by atoms with Crippen LogP contribution in [0.25, 0.3) is 0 Å². The highest BCUT2D eigenvalue weighted by atomic mass is 15.4. The fourth-order valence-corrected chi connectivity index (χ4v) is 3.00. The number of hydrogen-bond donors (Lipinski definition) is 1. The smallest absolute Gasteiger partial charge is 0.138 e. The molecule has 1 aromatic carbocycles. The highest BCUT2D eigenvalue weighted by Gasteiger charge is 2.26. The monoisotopic (exact) mass is 231 g/mol. The first-order valence-electron chi connectivity index (χ1n) is 6.38.